The lowest BCUT2D eigenvalue weighted by atomic mass is 10.2. The third kappa shape index (κ3) is 1.64. The van der Waals surface area contributed by atoms with E-state index in [1.54, 1.807) is 6.20 Å². The molecule has 0 saturated carbocycles. The van der Waals surface area contributed by atoms with Crippen LogP contribution in [0.5, 0.6) is 0 Å². The molecular weight excluding hydrogens is 200 g/mol. The second kappa shape index (κ2) is 4.04. The largest absolute Gasteiger partial charge is 0.462 e. The van der Waals surface area contributed by atoms with Gasteiger partial charge in [-0.05, 0) is 6.92 Å². The van der Waals surface area contributed by atoms with Crippen LogP contribution in [0.2, 0.25) is 0 Å². The molecule has 1 aromatic rings. The van der Waals surface area contributed by atoms with Crippen molar-refractivity contribution in [2.24, 2.45) is 0 Å². The molecule has 0 aromatic carbocycles. The predicted molar refractivity (Wildman–Crippen MR) is 54.3 cm³/mol. The molecule has 0 radical (unpaired) electrons. The van der Waals surface area contributed by atoms with Crippen LogP contribution in [0.25, 0.3) is 0 Å². The van der Waals surface area contributed by atoms with Crippen LogP contribution in [0.3, 0.4) is 0 Å². The van der Waals surface area contributed by atoms with Gasteiger partial charge in [-0.1, -0.05) is 0 Å². The Kier molecular flexibility index (Phi) is 2.77. The molecular formula is C9H12N2O2S. The van der Waals surface area contributed by atoms with Gasteiger partial charge in [0.05, 0.1) is 25.0 Å². The van der Waals surface area contributed by atoms with E-state index in [1.807, 2.05) is 23.4 Å². The van der Waals surface area contributed by atoms with Gasteiger partial charge in [-0.3, -0.25) is 4.68 Å². The summed E-state index contributed by atoms with van der Waals surface area (Å²) in [6, 6.07) is 0. The highest BCUT2D eigenvalue weighted by Crippen LogP contribution is 2.22. The molecule has 1 aliphatic heterocycles. The summed E-state index contributed by atoms with van der Waals surface area (Å²) in [4.78, 5) is 11.5. The van der Waals surface area contributed by atoms with E-state index in [2.05, 4.69) is 5.10 Å². The lowest BCUT2D eigenvalue weighted by molar-refractivity contribution is 0.0525. The van der Waals surface area contributed by atoms with Crippen molar-refractivity contribution in [3.63, 3.8) is 0 Å². The van der Waals surface area contributed by atoms with Gasteiger partial charge >= 0.3 is 5.97 Å². The van der Waals surface area contributed by atoms with E-state index in [4.69, 9.17) is 4.74 Å². The molecule has 0 atom stereocenters. The van der Waals surface area contributed by atoms with Gasteiger partial charge in [-0.15, -0.1) is 0 Å². The molecule has 2 rings (SSSR count). The van der Waals surface area contributed by atoms with E-state index >= 15 is 0 Å². The Balaban J connectivity index is 2.25. The first-order valence-corrected chi connectivity index (χ1v) is 5.78. The zero-order valence-electron chi connectivity index (χ0n) is 8.02. The average molecular weight is 212 g/mol. The number of hydrogen-bond acceptors (Lipinski definition) is 4. The second-order valence-corrected chi connectivity index (χ2v) is 4.11. The number of rotatable bonds is 2. The minimum atomic E-state index is -0.253. The van der Waals surface area contributed by atoms with Crippen LogP contribution in [-0.2, 0) is 17.0 Å². The summed E-state index contributed by atoms with van der Waals surface area (Å²) in [6.07, 6.45) is 1.61. The fourth-order valence-corrected chi connectivity index (χ4v) is 2.40. The van der Waals surface area contributed by atoms with Crippen molar-refractivity contribution >= 4 is 17.7 Å². The molecule has 5 heteroatoms. The number of thioether (sulfide) groups is 1. The van der Waals surface area contributed by atoms with Crippen LogP contribution in [0.4, 0.5) is 0 Å². The fourth-order valence-electron chi connectivity index (χ4n) is 1.45. The van der Waals surface area contributed by atoms with Gasteiger partial charge in [0, 0.05) is 11.5 Å². The Morgan fingerprint density at radius 2 is 2.64 bits per heavy atom. The highest BCUT2D eigenvalue weighted by atomic mass is 32.2. The molecule has 4 nitrogen and oxygen atoms in total. The molecule has 0 saturated heterocycles. The first kappa shape index (κ1) is 9.58. The Hall–Kier alpha value is -0.970. The van der Waals surface area contributed by atoms with E-state index in [0.29, 0.717) is 12.2 Å². The van der Waals surface area contributed by atoms with Crippen LogP contribution in [0.1, 0.15) is 23.0 Å². The number of aryl methyl sites for hydroxylation is 1. The number of aromatic nitrogens is 2. The van der Waals surface area contributed by atoms with E-state index in [9.17, 15) is 4.79 Å². The van der Waals surface area contributed by atoms with Crippen LogP contribution < -0.4 is 0 Å². The summed E-state index contributed by atoms with van der Waals surface area (Å²) < 4.78 is 6.84. The van der Waals surface area contributed by atoms with Gasteiger partial charge in [0.1, 0.15) is 5.56 Å². The molecule has 0 N–H and O–H groups in total. The molecule has 0 spiro atoms. The lowest BCUT2D eigenvalue weighted by Gasteiger charge is -2.13. The van der Waals surface area contributed by atoms with E-state index in [0.717, 1.165) is 23.7 Å². The third-order valence-corrected chi connectivity index (χ3v) is 3.08. The second-order valence-electron chi connectivity index (χ2n) is 3.00. The molecule has 76 valence electrons. The first-order chi connectivity index (χ1) is 6.83. The molecule has 1 aromatic heterocycles. The Labute approximate surface area is 86.6 Å². The lowest BCUT2D eigenvalue weighted by Crippen LogP contribution is -2.14. The number of fused-ring (bicyclic) bond motifs is 1. The summed E-state index contributed by atoms with van der Waals surface area (Å²) in [7, 11) is 0. The van der Waals surface area contributed by atoms with Crippen molar-refractivity contribution in [3.8, 4) is 0 Å². The maximum atomic E-state index is 11.5. The van der Waals surface area contributed by atoms with E-state index < -0.39 is 0 Å². The molecule has 0 amide bonds. The van der Waals surface area contributed by atoms with E-state index in [1.165, 1.54) is 0 Å². The number of carbonyl (C=O) groups excluding carboxylic acids is 1. The number of esters is 1. The van der Waals surface area contributed by atoms with Gasteiger partial charge in [0.25, 0.3) is 0 Å². The third-order valence-electron chi connectivity index (χ3n) is 2.13. The highest BCUT2D eigenvalue weighted by molar-refractivity contribution is 7.98. The van der Waals surface area contributed by atoms with Gasteiger partial charge in [0.15, 0.2) is 0 Å². The van der Waals surface area contributed by atoms with Crippen LogP contribution in [0, 0.1) is 0 Å². The van der Waals surface area contributed by atoms with Crippen molar-refractivity contribution in [3.05, 3.63) is 17.5 Å². The van der Waals surface area contributed by atoms with Crippen LogP contribution in [-0.4, -0.2) is 28.1 Å². The highest BCUT2D eigenvalue weighted by Gasteiger charge is 2.20. The maximum Gasteiger partial charge on any atom is 0.341 e. The zero-order chi connectivity index (χ0) is 9.97. The summed E-state index contributed by atoms with van der Waals surface area (Å²) in [6.45, 7) is 3.11. The standard InChI is InChI=1S/C9H12N2O2S/c1-2-13-9(12)7-5-10-11-3-4-14-6-8(7)11/h5H,2-4,6H2,1H3. The van der Waals surface area contributed by atoms with Crippen LogP contribution >= 0.6 is 11.8 Å². The number of hydrogen-bond donors (Lipinski definition) is 0. The summed E-state index contributed by atoms with van der Waals surface area (Å²) in [5, 5.41) is 4.16. The predicted octanol–water partition coefficient (Wildman–Crippen LogP) is 1.31. The maximum absolute atomic E-state index is 11.5. The van der Waals surface area contributed by atoms with E-state index in [-0.39, 0.29) is 5.97 Å². The van der Waals surface area contributed by atoms with Crippen molar-refractivity contribution in [1.82, 2.24) is 9.78 Å². The molecule has 0 unspecified atom stereocenters. The monoisotopic (exact) mass is 212 g/mol. The SMILES string of the molecule is CCOC(=O)c1cnn2c1CSCC2. The first-order valence-electron chi connectivity index (χ1n) is 4.62. The summed E-state index contributed by atoms with van der Waals surface area (Å²) in [5.41, 5.74) is 1.62. The molecule has 14 heavy (non-hydrogen) atoms. The van der Waals surface area contributed by atoms with Crippen molar-refractivity contribution in [2.75, 3.05) is 12.4 Å². The minimum Gasteiger partial charge on any atom is -0.462 e. The Morgan fingerprint density at radius 3 is 3.43 bits per heavy atom. The van der Waals surface area contributed by atoms with Gasteiger partial charge < -0.3 is 4.74 Å². The number of ether oxygens (including phenoxy) is 1. The normalized spacial score (nSPS) is 14.9. The average Bonchev–Trinajstić information content (AvgIpc) is 2.61. The quantitative estimate of drug-likeness (QED) is 0.693. The number of nitrogens with zero attached hydrogens (tertiary/aromatic N) is 2. The smallest absolute Gasteiger partial charge is 0.341 e. The molecule has 1 aliphatic rings. The Bertz CT molecular complexity index is 349. The number of carbonyl (C=O) groups is 1. The van der Waals surface area contributed by atoms with Crippen LogP contribution in [0.15, 0.2) is 6.20 Å². The van der Waals surface area contributed by atoms with Crippen molar-refractivity contribution in [1.29, 1.82) is 0 Å². The van der Waals surface area contributed by atoms with Crippen molar-refractivity contribution < 1.29 is 9.53 Å². The molecule has 0 bridgehead atoms. The summed E-state index contributed by atoms with van der Waals surface area (Å²) in [5.74, 6) is 1.67. The molecule has 0 aliphatic carbocycles. The van der Waals surface area contributed by atoms with Gasteiger partial charge in [-0.25, -0.2) is 4.79 Å². The molecule has 0 fully saturated rings. The topological polar surface area (TPSA) is 44.1 Å². The van der Waals surface area contributed by atoms with Gasteiger partial charge in [-0.2, -0.15) is 16.9 Å². The zero-order valence-corrected chi connectivity index (χ0v) is 8.84. The van der Waals surface area contributed by atoms with Crippen molar-refractivity contribution in [2.45, 2.75) is 19.2 Å². The Morgan fingerprint density at radius 1 is 1.79 bits per heavy atom. The fraction of sp³-hybridized carbons (Fsp3) is 0.556. The minimum absolute atomic E-state index is 0.253. The summed E-state index contributed by atoms with van der Waals surface area (Å²) >= 11 is 1.82. The van der Waals surface area contributed by atoms with Gasteiger partial charge in [0.2, 0.25) is 0 Å². The molecule has 2 heterocycles.